The number of hydrogen-bond donors (Lipinski definition) is 0. The summed E-state index contributed by atoms with van der Waals surface area (Å²) in [6.07, 6.45) is 4.73. The highest BCUT2D eigenvalue weighted by Gasteiger charge is 2.39. The van der Waals surface area contributed by atoms with Gasteiger partial charge in [-0.1, -0.05) is 41.3 Å². The maximum absolute atomic E-state index is 15.8. The van der Waals surface area contributed by atoms with Gasteiger partial charge in [0.05, 0.1) is 18.9 Å². The molecule has 40 heavy (non-hydrogen) atoms. The molecule has 2 fully saturated rings. The monoisotopic (exact) mass is 595 g/mol. The van der Waals surface area contributed by atoms with Gasteiger partial charge in [0.25, 0.3) is 0 Å². The molecule has 0 bridgehead atoms. The van der Waals surface area contributed by atoms with Crippen LogP contribution in [0.5, 0.6) is 0 Å². The first-order valence-electron chi connectivity index (χ1n) is 13.8. The number of halogens is 2. The highest BCUT2D eigenvalue weighted by molar-refractivity contribution is 7.18. The Morgan fingerprint density at radius 1 is 1.32 bits per heavy atom. The Morgan fingerprint density at radius 2 is 2.12 bits per heavy atom. The van der Waals surface area contributed by atoms with Crippen molar-refractivity contribution in [2.45, 2.75) is 44.6 Å². The molecule has 2 aliphatic rings. The lowest BCUT2D eigenvalue weighted by Gasteiger charge is -2.37. The Kier molecular flexibility index (Phi) is 15.9. The summed E-state index contributed by atoms with van der Waals surface area (Å²) in [6, 6.07) is 7.44. The van der Waals surface area contributed by atoms with Crippen LogP contribution in [0.25, 0.3) is 0 Å². The average molecular weight is 596 g/mol. The molecule has 0 N–H and O–H groups in total. The Hall–Kier alpha value is -1.87. The molecule has 3 rings (SSSR count). The molecule has 0 aliphatic carbocycles. The SMILES string of the molecule is C=NC(/N=C/c1cccc(C(F)(P)C2CN(C)CCO2)c1)=C1/CN(CCOCCC)C/C1=N/CCl.CCCC=O. The molecule has 222 valence electrons. The van der Waals surface area contributed by atoms with Gasteiger partial charge in [-0.15, -0.1) is 11.6 Å². The molecular weight excluding hydrogens is 552 g/mol. The minimum absolute atomic E-state index is 0.167. The lowest BCUT2D eigenvalue weighted by molar-refractivity contribution is -0.107. The smallest absolute Gasteiger partial charge is 0.175 e. The number of carbonyl (C=O) groups excluding carboxylic acids is 1. The van der Waals surface area contributed by atoms with Crippen molar-refractivity contribution in [3.05, 3.63) is 46.8 Å². The summed E-state index contributed by atoms with van der Waals surface area (Å²) in [7, 11) is 4.31. The number of carbonyl (C=O) groups is 1. The molecule has 11 heteroatoms. The zero-order valence-electron chi connectivity index (χ0n) is 24.0. The Labute approximate surface area is 246 Å². The van der Waals surface area contributed by atoms with Crippen LogP contribution >= 0.6 is 20.8 Å². The van der Waals surface area contributed by atoms with Gasteiger partial charge < -0.3 is 19.2 Å². The molecule has 2 aliphatic heterocycles. The maximum atomic E-state index is 15.8. The Morgan fingerprint density at radius 3 is 2.75 bits per heavy atom. The fraction of sp³-hybridized carbons (Fsp3) is 0.586. The van der Waals surface area contributed by atoms with Crippen LogP contribution in [0.3, 0.4) is 0 Å². The predicted octanol–water partition coefficient (Wildman–Crippen LogP) is 4.71. The van der Waals surface area contributed by atoms with Gasteiger partial charge in [-0.3, -0.25) is 9.89 Å². The molecule has 0 amide bonds. The van der Waals surface area contributed by atoms with Crippen LogP contribution in [0.2, 0.25) is 0 Å². The summed E-state index contributed by atoms with van der Waals surface area (Å²) < 4.78 is 27.1. The second kappa shape index (κ2) is 18.5. The van der Waals surface area contributed by atoms with Crippen molar-refractivity contribution in [3.63, 3.8) is 0 Å². The first-order chi connectivity index (χ1) is 19.3. The Balaban J connectivity index is 0.00000103. The van der Waals surface area contributed by atoms with Crippen molar-refractivity contribution in [2.75, 3.05) is 65.6 Å². The number of unbranched alkanes of at least 4 members (excludes halogenated alkanes) is 1. The van der Waals surface area contributed by atoms with Gasteiger partial charge in [-0.2, -0.15) is 0 Å². The number of rotatable bonds is 13. The van der Waals surface area contributed by atoms with Crippen LogP contribution in [0.1, 0.15) is 44.2 Å². The number of aliphatic imine (C=N–C) groups is 3. The van der Waals surface area contributed by atoms with Crippen molar-refractivity contribution in [3.8, 4) is 0 Å². The van der Waals surface area contributed by atoms with Gasteiger partial charge in [0.1, 0.15) is 18.4 Å². The third-order valence-corrected chi connectivity index (χ3v) is 7.31. The zero-order chi connectivity index (χ0) is 29.4. The number of ether oxygens (including phenoxy) is 2. The van der Waals surface area contributed by atoms with E-state index in [0.717, 1.165) is 55.7 Å². The van der Waals surface area contributed by atoms with Crippen molar-refractivity contribution in [1.82, 2.24) is 9.80 Å². The van der Waals surface area contributed by atoms with Crippen LogP contribution in [0, 0.1) is 0 Å². The number of morpholine rings is 1. The number of hydrogen-bond acceptors (Lipinski definition) is 8. The molecule has 0 aromatic heterocycles. The summed E-state index contributed by atoms with van der Waals surface area (Å²) in [4.78, 5) is 26.9. The topological polar surface area (TPSA) is 79.1 Å². The standard InChI is InChI=1S/C25H36ClFN5O2P.C4H8O/c1-4-10-33-11-9-32-15-21(22(16-32)30-18-26)24(28-2)29-14-19-6-5-7-20(13-19)25(27,35)23-17-31(3)8-12-34-23;1-2-3-4-5/h5-7,13-14,23H,2,4,8-12,15-18,35H2,1,3H3;4H,2-3H2,1H3/b24-21+,29-14+,30-22-;. The van der Waals surface area contributed by atoms with E-state index in [1.54, 1.807) is 18.3 Å². The van der Waals surface area contributed by atoms with Gasteiger partial charge in [-0.05, 0) is 43.8 Å². The summed E-state index contributed by atoms with van der Waals surface area (Å²) in [5.74, 6) is 0.492. The van der Waals surface area contributed by atoms with E-state index < -0.39 is 11.5 Å². The quantitative estimate of drug-likeness (QED) is 0.0824. The minimum Gasteiger partial charge on any atom is -0.380 e. The fourth-order valence-electron chi connectivity index (χ4n) is 4.24. The second-order valence-electron chi connectivity index (χ2n) is 9.74. The highest BCUT2D eigenvalue weighted by Crippen LogP contribution is 2.40. The van der Waals surface area contributed by atoms with Crippen LogP contribution in [-0.4, -0.2) is 106 Å². The molecule has 0 saturated carbocycles. The van der Waals surface area contributed by atoms with Gasteiger partial charge in [-0.25, -0.2) is 14.4 Å². The van der Waals surface area contributed by atoms with Crippen LogP contribution < -0.4 is 0 Å². The van der Waals surface area contributed by atoms with E-state index in [0.29, 0.717) is 50.7 Å². The van der Waals surface area contributed by atoms with Gasteiger partial charge in [0.2, 0.25) is 0 Å². The number of likely N-dealkylation sites (tertiary alicyclic amines) is 1. The predicted molar refractivity (Wildman–Crippen MR) is 167 cm³/mol. The van der Waals surface area contributed by atoms with Crippen molar-refractivity contribution >= 4 is 45.8 Å². The van der Waals surface area contributed by atoms with Gasteiger partial charge in [0, 0.05) is 57.5 Å². The van der Waals surface area contributed by atoms with Crippen molar-refractivity contribution < 1.29 is 18.7 Å². The summed E-state index contributed by atoms with van der Waals surface area (Å²) in [6.45, 7) is 13.1. The molecule has 3 atom stereocenters. The van der Waals surface area contributed by atoms with Gasteiger partial charge >= 0.3 is 0 Å². The number of aldehydes is 1. The van der Waals surface area contributed by atoms with Crippen LogP contribution in [0.15, 0.2) is 50.6 Å². The average Bonchev–Trinajstić information content (AvgIpc) is 3.35. The first-order valence-corrected chi connectivity index (χ1v) is 14.9. The first kappa shape index (κ1) is 34.3. The van der Waals surface area contributed by atoms with Crippen LogP contribution in [0.4, 0.5) is 4.39 Å². The van der Waals surface area contributed by atoms with Crippen molar-refractivity contribution in [2.24, 2.45) is 15.0 Å². The number of likely N-dealkylation sites (N-methyl/N-ethyl adjacent to an activating group) is 1. The highest BCUT2D eigenvalue weighted by atomic mass is 35.5. The maximum Gasteiger partial charge on any atom is 0.175 e. The lowest BCUT2D eigenvalue weighted by Crippen LogP contribution is -2.47. The number of alkyl halides is 2. The summed E-state index contributed by atoms with van der Waals surface area (Å²) in [5, 5.41) is -1.71. The molecule has 2 saturated heterocycles. The fourth-order valence-corrected chi connectivity index (χ4v) is 4.76. The molecule has 0 spiro atoms. The van der Waals surface area contributed by atoms with E-state index in [2.05, 4.69) is 47.7 Å². The molecule has 2 heterocycles. The molecule has 8 nitrogen and oxygen atoms in total. The molecular formula is C29H44ClFN5O3P. The zero-order valence-corrected chi connectivity index (χ0v) is 25.9. The molecule has 0 radical (unpaired) electrons. The molecule has 1 aromatic carbocycles. The number of benzene rings is 1. The lowest BCUT2D eigenvalue weighted by atomic mass is 10.0. The van der Waals surface area contributed by atoms with E-state index in [1.807, 2.05) is 26.1 Å². The van der Waals surface area contributed by atoms with Gasteiger partial charge in [0.15, 0.2) is 11.2 Å². The summed E-state index contributed by atoms with van der Waals surface area (Å²) in [5.41, 5.74) is 3.04. The second-order valence-corrected chi connectivity index (χ2v) is 10.8. The number of nitrogens with zero attached hydrogens (tertiary/aromatic N) is 5. The summed E-state index contributed by atoms with van der Waals surface area (Å²) >= 11 is 5.91. The molecule has 1 aromatic rings. The van der Waals surface area contributed by atoms with Crippen LogP contribution in [-0.2, 0) is 19.7 Å². The van der Waals surface area contributed by atoms with E-state index >= 15 is 4.39 Å². The van der Waals surface area contributed by atoms with E-state index in [4.69, 9.17) is 21.1 Å². The normalized spacial score (nSPS) is 22.1. The third kappa shape index (κ3) is 10.8. The largest absolute Gasteiger partial charge is 0.380 e. The third-order valence-electron chi connectivity index (χ3n) is 6.48. The van der Waals surface area contributed by atoms with Crippen molar-refractivity contribution in [1.29, 1.82) is 0 Å². The Bertz CT molecular complexity index is 1040. The van der Waals surface area contributed by atoms with E-state index in [9.17, 15) is 4.79 Å². The molecule has 3 unspecified atom stereocenters. The minimum atomic E-state index is -1.71. The van der Waals surface area contributed by atoms with E-state index in [-0.39, 0.29) is 6.00 Å². The van der Waals surface area contributed by atoms with E-state index in [1.165, 1.54) is 0 Å².